The molecule has 0 saturated heterocycles. The van der Waals surface area contributed by atoms with Crippen molar-refractivity contribution in [2.75, 3.05) is 30.7 Å². The quantitative estimate of drug-likeness (QED) is 0.253. The summed E-state index contributed by atoms with van der Waals surface area (Å²) in [4.78, 5) is 36.7. The lowest BCUT2D eigenvalue weighted by molar-refractivity contribution is -0.119. The third-order valence-electron chi connectivity index (χ3n) is 5.92. The van der Waals surface area contributed by atoms with E-state index in [4.69, 9.17) is 5.73 Å². The van der Waals surface area contributed by atoms with E-state index >= 15 is 0 Å². The summed E-state index contributed by atoms with van der Waals surface area (Å²) in [6.07, 6.45) is 1.03. The van der Waals surface area contributed by atoms with E-state index in [1.807, 2.05) is 41.9 Å². The van der Waals surface area contributed by atoms with Crippen molar-refractivity contribution >= 4 is 44.8 Å². The number of sulfonamides is 1. The van der Waals surface area contributed by atoms with Gasteiger partial charge in [-0.05, 0) is 61.4 Å². The molecule has 0 aliphatic carbocycles. The Hall–Kier alpha value is -3.74. The molecule has 3 aromatic rings. The molecule has 0 bridgehead atoms. The highest BCUT2D eigenvalue weighted by Gasteiger charge is 2.20. The van der Waals surface area contributed by atoms with Crippen LogP contribution in [0.5, 0.6) is 0 Å². The van der Waals surface area contributed by atoms with E-state index in [-0.39, 0.29) is 29.4 Å². The molecule has 40 heavy (non-hydrogen) atoms. The van der Waals surface area contributed by atoms with Gasteiger partial charge in [-0.3, -0.25) is 18.7 Å². The number of rotatable bonds is 11. The Bertz CT molecular complexity index is 1380. The number of nitrogens with zero attached hydrogens (tertiary/aromatic N) is 1. The van der Waals surface area contributed by atoms with Crippen molar-refractivity contribution in [3.63, 3.8) is 0 Å². The topological polar surface area (TPSA) is 151 Å². The van der Waals surface area contributed by atoms with Crippen LogP contribution in [0.1, 0.15) is 51.7 Å². The number of carbonyl (C=O) groups is 3. The third kappa shape index (κ3) is 10.4. The Labute approximate surface area is 240 Å². The Balaban J connectivity index is 0.000000693. The van der Waals surface area contributed by atoms with Crippen molar-refractivity contribution < 1.29 is 22.8 Å². The van der Waals surface area contributed by atoms with E-state index < -0.39 is 33.8 Å². The van der Waals surface area contributed by atoms with Crippen molar-refractivity contribution in [1.29, 1.82) is 0 Å². The Morgan fingerprint density at radius 1 is 0.975 bits per heavy atom. The smallest absolute Gasteiger partial charge is 0.251 e. The van der Waals surface area contributed by atoms with Gasteiger partial charge >= 0.3 is 0 Å². The second kappa shape index (κ2) is 15.2. The summed E-state index contributed by atoms with van der Waals surface area (Å²) in [6, 6.07) is 15.6. The van der Waals surface area contributed by atoms with Gasteiger partial charge in [-0.1, -0.05) is 35.9 Å². The minimum atomic E-state index is -3.62. The highest BCUT2D eigenvalue weighted by molar-refractivity contribution is 7.92. The molecule has 5 N–H and O–H groups in total. The summed E-state index contributed by atoms with van der Waals surface area (Å²) in [6.45, 7) is 6.01. The normalized spacial score (nSPS) is 12.3. The van der Waals surface area contributed by atoms with E-state index in [2.05, 4.69) is 35.0 Å². The molecule has 2 aromatic carbocycles. The minimum Gasteiger partial charge on any atom is -0.368 e. The maximum Gasteiger partial charge on any atom is 0.251 e. The van der Waals surface area contributed by atoms with Crippen LogP contribution in [0.4, 0.5) is 5.69 Å². The number of anilines is 1. The summed E-state index contributed by atoms with van der Waals surface area (Å²) in [5, 5.41) is 12.2. The van der Waals surface area contributed by atoms with Crippen LogP contribution < -0.4 is 26.0 Å². The largest absolute Gasteiger partial charge is 0.368 e. The molecule has 2 atom stereocenters. The second-order valence-electron chi connectivity index (χ2n) is 9.24. The van der Waals surface area contributed by atoms with Gasteiger partial charge in [0.2, 0.25) is 15.9 Å². The summed E-state index contributed by atoms with van der Waals surface area (Å²) < 4.78 is 25.1. The molecule has 0 saturated carbocycles. The molecule has 3 amide bonds. The van der Waals surface area contributed by atoms with Crippen molar-refractivity contribution in [3.05, 3.63) is 87.6 Å². The molecule has 1 heterocycles. The van der Waals surface area contributed by atoms with Gasteiger partial charge in [0.15, 0.2) is 0 Å². The number of nitrogens with one attached hydrogen (secondary N) is 3. The van der Waals surface area contributed by atoms with Crippen molar-refractivity contribution in [3.8, 4) is 0 Å². The van der Waals surface area contributed by atoms with Crippen LogP contribution in [0, 0.1) is 6.92 Å². The van der Waals surface area contributed by atoms with Crippen molar-refractivity contribution in [1.82, 2.24) is 16.0 Å². The van der Waals surface area contributed by atoms with E-state index in [1.54, 1.807) is 6.92 Å². The fraction of sp³-hybridized carbons (Fsp3) is 0.321. The predicted molar refractivity (Wildman–Crippen MR) is 160 cm³/mol. The number of hydrogen-bond donors (Lipinski definition) is 4. The standard InChI is InChI=1S/C21H29N5O5S2.C7H8/c1-13(15-5-8-32-12-15)25-21(29)17-9-16(10-18(11-17)26(3)33(4,30)31)20(28)24-7-6-23-14(2)19(22)27;1-7-5-3-2-4-6-7/h5,8-14,23H,6-7H2,1-4H3,(H2,22,27)(H,24,28)(H,25,29);2-6H,1H3/t13?,14-;/m0./s1. The van der Waals surface area contributed by atoms with Crippen LogP contribution >= 0.6 is 11.3 Å². The van der Waals surface area contributed by atoms with E-state index in [1.165, 1.54) is 42.1 Å². The zero-order valence-corrected chi connectivity index (χ0v) is 24.9. The van der Waals surface area contributed by atoms with Crippen LogP contribution in [-0.2, 0) is 14.8 Å². The van der Waals surface area contributed by atoms with E-state index in [9.17, 15) is 22.8 Å². The number of carbonyl (C=O) groups excluding carboxylic acids is 3. The SMILES string of the molecule is CC(NC(=O)c1cc(C(=O)NCCN[C@@H](C)C(N)=O)cc(N(C)S(C)(=O)=O)c1)c1ccsc1.Cc1ccccc1. The number of aryl methyl sites for hydroxylation is 1. The van der Waals surface area contributed by atoms with Gasteiger partial charge in [-0.25, -0.2) is 8.42 Å². The second-order valence-corrected chi connectivity index (χ2v) is 12.0. The lowest BCUT2D eigenvalue weighted by Gasteiger charge is -2.20. The summed E-state index contributed by atoms with van der Waals surface area (Å²) in [5.41, 5.74) is 7.89. The van der Waals surface area contributed by atoms with Crippen LogP contribution in [0.2, 0.25) is 0 Å². The monoisotopic (exact) mass is 587 g/mol. The minimum absolute atomic E-state index is 0.124. The predicted octanol–water partition coefficient (Wildman–Crippen LogP) is 2.82. The van der Waals surface area contributed by atoms with Gasteiger partial charge < -0.3 is 21.7 Å². The van der Waals surface area contributed by atoms with Gasteiger partial charge in [-0.2, -0.15) is 11.3 Å². The molecule has 0 aliphatic heterocycles. The average molecular weight is 588 g/mol. The molecule has 0 aliphatic rings. The van der Waals surface area contributed by atoms with E-state index in [0.717, 1.165) is 16.1 Å². The first kappa shape index (κ1) is 32.5. The molecule has 1 unspecified atom stereocenters. The average Bonchev–Trinajstić information content (AvgIpc) is 3.45. The summed E-state index contributed by atoms with van der Waals surface area (Å²) >= 11 is 1.51. The Morgan fingerprint density at radius 2 is 1.60 bits per heavy atom. The van der Waals surface area contributed by atoms with Crippen molar-refractivity contribution in [2.24, 2.45) is 5.73 Å². The maximum absolute atomic E-state index is 12.9. The molecule has 1 aromatic heterocycles. The number of amides is 3. The molecular formula is C28H37N5O5S2. The fourth-order valence-electron chi connectivity index (χ4n) is 3.33. The highest BCUT2D eigenvalue weighted by atomic mass is 32.2. The summed E-state index contributed by atoms with van der Waals surface area (Å²) in [7, 11) is -2.28. The molecule has 3 rings (SSSR count). The lowest BCUT2D eigenvalue weighted by atomic mass is 10.1. The number of nitrogens with two attached hydrogens (primary N) is 1. The number of primary amides is 1. The molecule has 0 radical (unpaired) electrons. The summed E-state index contributed by atoms with van der Waals surface area (Å²) in [5.74, 6) is -1.44. The van der Waals surface area contributed by atoms with Gasteiger partial charge in [0.1, 0.15) is 0 Å². The first-order chi connectivity index (χ1) is 18.8. The van der Waals surface area contributed by atoms with Gasteiger partial charge in [0, 0.05) is 31.3 Å². The van der Waals surface area contributed by atoms with E-state index in [0.29, 0.717) is 6.54 Å². The van der Waals surface area contributed by atoms with Crippen LogP contribution in [0.25, 0.3) is 0 Å². The zero-order chi connectivity index (χ0) is 29.9. The Kier molecular flexibility index (Phi) is 12.3. The molecule has 10 nitrogen and oxygen atoms in total. The molecule has 12 heteroatoms. The van der Waals surface area contributed by atoms with Gasteiger partial charge in [0.25, 0.3) is 11.8 Å². The number of hydrogen-bond acceptors (Lipinski definition) is 7. The Morgan fingerprint density at radius 3 is 2.10 bits per heavy atom. The van der Waals surface area contributed by atoms with Crippen molar-refractivity contribution in [2.45, 2.75) is 32.9 Å². The number of benzene rings is 2. The lowest BCUT2D eigenvalue weighted by Crippen LogP contribution is -2.42. The van der Waals surface area contributed by atoms with Gasteiger partial charge in [-0.15, -0.1) is 0 Å². The first-order valence-electron chi connectivity index (χ1n) is 12.5. The first-order valence-corrected chi connectivity index (χ1v) is 15.3. The maximum atomic E-state index is 12.9. The zero-order valence-electron chi connectivity index (χ0n) is 23.3. The molecule has 216 valence electrons. The van der Waals surface area contributed by atoms with Crippen LogP contribution in [0.15, 0.2) is 65.4 Å². The fourth-order valence-corrected chi connectivity index (χ4v) is 4.58. The number of thiophene rings is 1. The van der Waals surface area contributed by atoms with Crippen LogP contribution in [0.3, 0.4) is 0 Å². The van der Waals surface area contributed by atoms with Crippen LogP contribution in [-0.4, -0.2) is 58.6 Å². The highest BCUT2D eigenvalue weighted by Crippen LogP contribution is 2.22. The molecule has 0 fully saturated rings. The third-order valence-corrected chi connectivity index (χ3v) is 7.83. The molecular weight excluding hydrogens is 550 g/mol. The van der Waals surface area contributed by atoms with Gasteiger partial charge in [0.05, 0.1) is 24.0 Å². The molecule has 0 spiro atoms.